The molecule has 1 amide bonds. The van der Waals surface area contributed by atoms with E-state index in [9.17, 15) is 18.0 Å². The average Bonchev–Trinajstić information content (AvgIpc) is 2.95. The topological polar surface area (TPSA) is 48.5 Å². The summed E-state index contributed by atoms with van der Waals surface area (Å²) in [6, 6.07) is 9.52. The van der Waals surface area contributed by atoms with E-state index in [1.807, 2.05) is 36.1 Å². The predicted octanol–water partition coefficient (Wildman–Crippen LogP) is 4.40. The number of anilines is 2. The van der Waals surface area contributed by atoms with Crippen LogP contribution in [0.5, 0.6) is 0 Å². The molecule has 1 fully saturated rings. The Morgan fingerprint density at radius 1 is 1.10 bits per heavy atom. The molecule has 2 heterocycles. The van der Waals surface area contributed by atoms with E-state index in [1.54, 1.807) is 0 Å². The molecule has 1 N–H and O–H groups in total. The van der Waals surface area contributed by atoms with Gasteiger partial charge < -0.3 is 10.2 Å². The first-order valence-corrected chi connectivity index (χ1v) is 10.1. The zero-order valence-corrected chi connectivity index (χ0v) is 17.5. The van der Waals surface area contributed by atoms with E-state index in [0.29, 0.717) is 25.5 Å². The summed E-state index contributed by atoms with van der Waals surface area (Å²) < 4.78 is 39.1. The monoisotopic (exact) mass is 470 g/mol. The summed E-state index contributed by atoms with van der Waals surface area (Å²) >= 11 is 3.36. The third-order valence-electron chi connectivity index (χ3n) is 4.97. The van der Waals surface area contributed by atoms with Crippen molar-refractivity contribution in [3.05, 3.63) is 52.6 Å². The molecule has 0 radical (unpaired) electrons. The second-order valence-electron chi connectivity index (χ2n) is 6.95. The molecule has 156 valence electrons. The molecule has 1 aromatic heterocycles. The van der Waals surface area contributed by atoms with Crippen LogP contribution < -0.4 is 10.2 Å². The molecule has 3 rings (SSSR count). The van der Waals surface area contributed by atoms with Gasteiger partial charge in [-0.2, -0.15) is 13.2 Å². The van der Waals surface area contributed by atoms with Gasteiger partial charge >= 0.3 is 6.18 Å². The van der Waals surface area contributed by atoms with Crippen molar-refractivity contribution in [3.8, 4) is 0 Å². The zero-order chi connectivity index (χ0) is 21.0. The fraction of sp³-hybridized carbons (Fsp3) is 0.400. The number of hydrogen-bond acceptors (Lipinski definition) is 4. The number of hydrogen-bond donors (Lipinski definition) is 1. The van der Waals surface area contributed by atoms with Gasteiger partial charge in [0, 0.05) is 42.5 Å². The summed E-state index contributed by atoms with van der Waals surface area (Å²) in [5, 5.41) is 2.92. The summed E-state index contributed by atoms with van der Waals surface area (Å²) in [4.78, 5) is 20.6. The van der Waals surface area contributed by atoms with Crippen molar-refractivity contribution < 1.29 is 18.0 Å². The first-order valence-electron chi connectivity index (χ1n) is 9.33. The van der Waals surface area contributed by atoms with E-state index >= 15 is 0 Å². The number of amides is 1. The minimum Gasteiger partial charge on any atom is -0.355 e. The maximum Gasteiger partial charge on any atom is 0.417 e. The van der Waals surface area contributed by atoms with Crippen molar-refractivity contribution in [2.45, 2.75) is 25.6 Å². The Morgan fingerprint density at radius 3 is 2.45 bits per heavy atom. The summed E-state index contributed by atoms with van der Waals surface area (Å²) in [6.45, 7) is 4.48. The van der Waals surface area contributed by atoms with Gasteiger partial charge in [0.25, 0.3) is 0 Å². The van der Waals surface area contributed by atoms with E-state index in [0.717, 1.165) is 35.4 Å². The molecule has 2 aromatic rings. The average molecular weight is 471 g/mol. The highest BCUT2D eigenvalue weighted by molar-refractivity contribution is 9.10. The third-order valence-corrected chi connectivity index (χ3v) is 5.50. The van der Waals surface area contributed by atoms with Crippen LogP contribution in [-0.4, -0.2) is 48.0 Å². The SMILES string of the molecule is CC(C(=O)Nc1ccc(Br)cc1)N1CCCN(c2ccc(C(F)(F)F)cn2)CC1. The smallest absolute Gasteiger partial charge is 0.355 e. The van der Waals surface area contributed by atoms with Crippen molar-refractivity contribution in [3.63, 3.8) is 0 Å². The number of carbonyl (C=O) groups is 1. The second kappa shape index (κ2) is 9.13. The van der Waals surface area contributed by atoms with Gasteiger partial charge in [-0.05, 0) is 49.7 Å². The normalized spacial score (nSPS) is 16.9. The molecule has 1 atom stereocenters. The third kappa shape index (κ3) is 5.70. The highest BCUT2D eigenvalue weighted by atomic mass is 79.9. The highest BCUT2D eigenvalue weighted by Crippen LogP contribution is 2.29. The summed E-state index contributed by atoms with van der Waals surface area (Å²) in [6.07, 6.45) is -2.73. The molecule has 5 nitrogen and oxygen atoms in total. The highest BCUT2D eigenvalue weighted by Gasteiger charge is 2.31. The quantitative estimate of drug-likeness (QED) is 0.719. The molecule has 0 saturated carbocycles. The Kier molecular flexibility index (Phi) is 6.79. The van der Waals surface area contributed by atoms with Gasteiger partial charge in [-0.1, -0.05) is 15.9 Å². The van der Waals surface area contributed by atoms with Crippen molar-refractivity contribution >= 4 is 33.3 Å². The minimum absolute atomic E-state index is 0.0894. The van der Waals surface area contributed by atoms with Crippen molar-refractivity contribution in [2.24, 2.45) is 0 Å². The molecule has 29 heavy (non-hydrogen) atoms. The minimum atomic E-state index is -4.39. The van der Waals surface area contributed by atoms with Crippen LogP contribution in [0.3, 0.4) is 0 Å². The molecule has 1 aromatic carbocycles. The Balaban J connectivity index is 1.58. The lowest BCUT2D eigenvalue weighted by Crippen LogP contribution is -2.44. The Hall–Kier alpha value is -2.13. The maximum atomic E-state index is 12.7. The lowest BCUT2D eigenvalue weighted by molar-refractivity contribution is -0.137. The van der Waals surface area contributed by atoms with Crippen molar-refractivity contribution in [1.82, 2.24) is 9.88 Å². The molecule has 9 heteroatoms. The number of carbonyl (C=O) groups excluding carboxylic acids is 1. The van der Waals surface area contributed by atoms with Gasteiger partial charge in [0.05, 0.1) is 11.6 Å². The first kappa shape index (κ1) is 21.6. The Bertz CT molecular complexity index is 827. The van der Waals surface area contributed by atoms with E-state index < -0.39 is 11.7 Å². The summed E-state index contributed by atoms with van der Waals surface area (Å²) in [7, 11) is 0. The number of pyridine rings is 1. The lowest BCUT2D eigenvalue weighted by atomic mass is 10.2. The van der Waals surface area contributed by atoms with Gasteiger partial charge in [0.15, 0.2) is 0 Å². The van der Waals surface area contributed by atoms with Crippen LogP contribution in [-0.2, 0) is 11.0 Å². The van der Waals surface area contributed by atoms with Crippen LogP contribution in [0.4, 0.5) is 24.7 Å². The largest absolute Gasteiger partial charge is 0.417 e. The number of aromatic nitrogens is 1. The van der Waals surface area contributed by atoms with Crippen molar-refractivity contribution in [1.29, 1.82) is 0 Å². The van der Waals surface area contributed by atoms with E-state index in [1.165, 1.54) is 6.07 Å². The van der Waals surface area contributed by atoms with E-state index in [4.69, 9.17) is 0 Å². The van der Waals surface area contributed by atoms with Gasteiger partial charge in [-0.15, -0.1) is 0 Å². The van der Waals surface area contributed by atoms with E-state index in [2.05, 4.69) is 31.1 Å². The lowest BCUT2D eigenvalue weighted by Gasteiger charge is -2.27. The molecule has 1 aliphatic rings. The Labute approximate surface area is 176 Å². The fourth-order valence-corrected chi connectivity index (χ4v) is 3.50. The molecular weight excluding hydrogens is 449 g/mol. The van der Waals surface area contributed by atoms with E-state index in [-0.39, 0.29) is 11.9 Å². The molecule has 0 aliphatic carbocycles. The maximum absolute atomic E-state index is 12.7. The second-order valence-corrected chi connectivity index (χ2v) is 7.87. The summed E-state index contributed by atoms with van der Waals surface area (Å²) in [5.41, 5.74) is -0.0219. The number of alkyl halides is 3. The van der Waals surface area contributed by atoms with Crippen molar-refractivity contribution in [2.75, 3.05) is 36.4 Å². The molecule has 0 spiro atoms. The number of nitrogens with zero attached hydrogens (tertiary/aromatic N) is 3. The molecule has 1 aliphatic heterocycles. The standard InChI is InChI=1S/C20H22BrF3N4O/c1-14(19(29)26-17-6-4-16(21)5-7-17)27-9-2-10-28(12-11-27)18-8-3-15(13-25-18)20(22,23)24/h3-8,13-14H,2,9-12H2,1H3,(H,26,29). The number of benzene rings is 1. The Morgan fingerprint density at radius 2 is 1.83 bits per heavy atom. The number of halogens is 4. The number of rotatable bonds is 4. The van der Waals surface area contributed by atoms with Crippen LogP contribution >= 0.6 is 15.9 Å². The van der Waals surface area contributed by atoms with Crippen LogP contribution in [0.1, 0.15) is 18.9 Å². The molecule has 0 bridgehead atoms. The van der Waals surface area contributed by atoms with Crippen LogP contribution in [0.25, 0.3) is 0 Å². The van der Waals surface area contributed by atoms with Gasteiger partial charge in [0.2, 0.25) is 5.91 Å². The zero-order valence-electron chi connectivity index (χ0n) is 15.9. The molecule has 1 saturated heterocycles. The first-order chi connectivity index (χ1) is 13.7. The summed E-state index contributed by atoms with van der Waals surface area (Å²) in [5.74, 6) is 0.431. The van der Waals surface area contributed by atoms with Gasteiger partial charge in [-0.25, -0.2) is 4.98 Å². The predicted molar refractivity (Wildman–Crippen MR) is 110 cm³/mol. The fourth-order valence-electron chi connectivity index (χ4n) is 3.24. The van der Waals surface area contributed by atoms with Gasteiger partial charge in [0.1, 0.15) is 5.82 Å². The molecular formula is C20H22BrF3N4O. The number of nitrogens with one attached hydrogen (secondary N) is 1. The van der Waals surface area contributed by atoms with Crippen LogP contribution in [0, 0.1) is 0 Å². The van der Waals surface area contributed by atoms with Crippen LogP contribution in [0.2, 0.25) is 0 Å². The van der Waals surface area contributed by atoms with Crippen LogP contribution in [0.15, 0.2) is 47.1 Å². The van der Waals surface area contributed by atoms with Gasteiger partial charge in [-0.3, -0.25) is 9.69 Å². The molecule has 1 unspecified atom stereocenters.